The lowest BCUT2D eigenvalue weighted by molar-refractivity contribution is -0.142. The molecule has 0 radical (unpaired) electrons. The highest BCUT2D eigenvalue weighted by atomic mass is 16.5. The zero-order valence-corrected chi connectivity index (χ0v) is 17.4. The number of carbonyl (C=O) groups excluding carboxylic acids is 2. The minimum absolute atomic E-state index is 0.0636. The van der Waals surface area contributed by atoms with Crippen LogP contribution in [0, 0.1) is 0 Å². The third-order valence-corrected chi connectivity index (χ3v) is 5.42. The van der Waals surface area contributed by atoms with Crippen molar-refractivity contribution >= 4 is 11.8 Å². The number of carbonyl (C=O) groups is 2. The standard InChI is InChI=1S/C23H25N5O3/c1-31-21(17-8-4-2-5-9-17)23(30)27-13-12-19-25-26-20(28(19)15-14-27)16-24-22(29)18-10-6-3-7-11-18/h2-11,21H,12-16H2,1H3,(H,24,29). The first-order chi connectivity index (χ1) is 15.2. The predicted molar refractivity (Wildman–Crippen MR) is 114 cm³/mol. The van der Waals surface area contributed by atoms with Crippen LogP contribution in [0.25, 0.3) is 0 Å². The number of hydrogen-bond acceptors (Lipinski definition) is 5. The highest BCUT2D eigenvalue weighted by molar-refractivity contribution is 5.94. The summed E-state index contributed by atoms with van der Waals surface area (Å²) < 4.78 is 7.50. The van der Waals surface area contributed by atoms with Crippen LogP contribution in [-0.4, -0.2) is 51.7 Å². The van der Waals surface area contributed by atoms with Gasteiger partial charge >= 0.3 is 0 Å². The van der Waals surface area contributed by atoms with Gasteiger partial charge in [0, 0.05) is 38.7 Å². The van der Waals surface area contributed by atoms with Crippen LogP contribution in [0.2, 0.25) is 0 Å². The second-order valence-electron chi connectivity index (χ2n) is 7.33. The monoisotopic (exact) mass is 419 g/mol. The van der Waals surface area contributed by atoms with Gasteiger partial charge in [-0.2, -0.15) is 0 Å². The maximum atomic E-state index is 13.1. The van der Waals surface area contributed by atoms with Gasteiger partial charge in [0.05, 0.1) is 6.54 Å². The SMILES string of the molecule is COC(C(=O)N1CCc2nnc(CNC(=O)c3ccccc3)n2CC1)c1ccccc1. The molecule has 3 aromatic rings. The van der Waals surface area contributed by atoms with Gasteiger partial charge in [-0.15, -0.1) is 10.2 Å². The predicted octanol–water partition coefficient (Wildman–Crippen LogP) is 1.98. The van der Waals surface area contributed by atoms with Crippen LogP contribution in [0.4, 0.5) is 0 Å². The van der Waals surface area contributed by atoms with Crippen molar-refractivity contribution in [3.8, 4) is 0 Å². The summed E-state index contributed by atoms with van der Waals surface area (Å²) in [5.41, 5.74) is 1.43. The van der Waals surface area contributed by atoms with Crippen LogP contribution in [-0.2, 0) is 29.0 Å². The molecule has 1 aliphatic heterocycles. The van der Waals surface area contributed by atoms with Crippen molar-refractivity contribution in [3.63, 3.8) is 0 Å². The van der Waals surface area contributed by atoms with Crippen LogP contribution in [0.15, 0.2) is 60.7 Å². The third-order valence-electron chi connectivity index (χ3n) is 5.42. The maximum Gasteiger partial charge on any atom is 0.256 e. The van der Waals surface area contributed by atoms with E-state index in [1.54, 1.807) is 19.2 Å². The quantitative estimate of drug-likeness (QED) is 0.660. The zero-order valence-electron chi connectivity index (χ0n) is 17.4. The van der Waals surface area contributed by atoms with Crippen molar-refractivity contribution in [2.24, 2.45) is 0 Å². The molecule has 0 saturated heterocycles. The van der Waals surface area contributed by atoms with Gasteiger partial charge in [0.1, 0.15) is 5.82 Å². The summed E-state index contributed by atoms with van der Waals surface area (Å²) in [7, 11) is 1.55. The molecule has 1 N–H and O–H groups in total. The molecule has 31 heavy (non-hydrogen) atoms. The fourth-order valence-corrected chi connectivity index (χ4v) is 3.76. The molecule has 0 spiro atoms. The minimum Gasteiger partial charge on any atom is -0.367 e. The van der Waals surface area contributed by atoms with Gasteiger partial charge in [-0.05, 0) is 17.7 Å². The first-order valence-corrected chi connectivity index (χ1v) is 10.3. The fraction of sp³-hybridized carbons (Fsp3) is 0.304. The van der Waals surface area contributed by atoms with Crippen molar-refractivity contribution in [2.45, 2.75) is 25.6 Å². The van der Waals surface area contributed by atoms with E-state index in [-0.39, 0.29) is 18.4 Å². The number of amides is 2. The summed E-state index contributed by atoms with van der Waals surface area (Å²) in [5, 5.41) is 11.4. The summed E-state index contributed by atoms with van der Waals surface area (Å²) in [4.78, 5) is 27.2. The molecule has 4 rings (SSSR count). The van der Waals surface area contributed by atoms with Crippen molar-refractivity contribution in [1.82, 2.24) is 25.0 Å². The van der Waals surface area contributed by atoms with E-state index in [1.807, 2.05) is 58.0 Å². The molecule has 1 atom stereocenters. The maximum absolute atomic E-state index is 13.1. The summed E-state index contributed by atoms with van der Waals surface area (Å²) in [6.07, 6.45) is -0.0364. The smallest absolute Gasteiger partial charge is 0.256 e. The lowest BCUT2D eigenvalue weighted by atomic mass is 10.1. The molecular formula is C23H25N5O3. The van der Waals surface area contributed by atoms with Crippen molar-refractivity contribution in [2.75, 3.05) is 20.2 Å². The largest absolute Gasteiger partial charge is 0.367 e. The number of fused-ring (bicyclic) bond motifs is 1. The normalized spacial score (nSPS) is 14.4. The second-order valence-corrected chi connectivity index (χ2v) is 7.33. The van der Waals surface area contributed by atoms with E-state index in [0.29, 0.717) is 37.4 Å². The molecule has 8 nitrogen and oxygen atoms in total. The Balaban J connectivity index is 1.41. The number of hydrogen-bond donors (Lipinski definition) is 1. The van der Waals surface area contributed by atoms with E-state index in [1.165, 1.54) is 0 Å². The van der Waals surface area contributed by atoms with E-state index < -0.39 is 6.10 Å². The average molecular weight is 419 g/mol. The molecule has 1 aromatic heterocycles. The Bertz CT molecular complexity index is 1040. The molecule has 1 unspecified atom stereocenters. The van der Waals surface area contributed by atoms with Crippen LogP contribution in [0.3, 0.4) is 0 Å². The van der Waals surface area contributed by atoms with Crippen LogP contribution < -0.4 is 5.32 Å². The van der Waals surface area contributed by atoms with Crippen LogP contribution in [0.1, 0.15) is 33.7 Å². The molecule has 8 heteroatoms. The van der Waals surface area contributed by atoms with Crippen molar-refractivity contribution < 1.29 is 14.3 Å². The summed E-state index contributed by atoms with van der Waals surface area (Å²) in [6, 6.07) is 18.6. The Morgan fingerprint density at radius 2 is 1.71 bits per heavy atom. The van der Waals surface area contributed by atoms with E-state index in [9.17, 15) is 9.59 Å². The molecule has 160 valence electrons. The number of methoxy groups -OCH3 is 1. The van der Waals surface area contributed by atoms with E-state index in [0.717, 1.165) is 11.4 Å². The molecular weight excluding hydrogens is 394 g/mol. The number of nitrogens with one attached hydrogen (secondary N) is 1. The average Bonchev–Trinajstić information content (AvgIpc) is 3.08. The van der Waals surface area contributed by atoms with Crippen molar-refractivity contribution in [3.05, 3.63) is 83.4 Å². The van der Waals surface area contributed by atoms with Gasteiger partial charge in [0.15, 0.2) is 11.9 Å². The summed E-state index contributed by atoms with van der Waals surface area (Å²) in [6.45, 7) is 1.91. The number of ether oxygens (including phenoxy) is 1. The highest BCUT2D eigenvalue weighted by Gasteiger charge is 2.28. The zero-order chi connectivity index (χ0) is 21.6. The highest BCUT2D eigenvalue weighted by Crippen LogP contribution is 2.21. The van der Waals surface area contributed by atoms with Crippen LogP contribution >= 0.6 is 0 Å². The lowest BCUT2D eigenvalue weighted by Crippen LogP contribution is -2.38. The van der Waals surface area contributed by atoms with Crippen molar-refractivity contribution in [1.29, 1.82) is 0 Å². The first-order valence-electron chi connectivity index (χ1n) is 10.3. The second kappa shape index (κ2) is 9.53. The van der Waals surface area contributed by atoms with E-state index >= 15 is 0 Å². The minimum atomic E-state index is -0.630. The van der Waals surface area contributed by atoms with Crippen LogP contribution in [0.5, 0.6) is 0 Å². The van der Waals surface area contributed by atoms with Gasteiger partial charge in [0.2, 0.25) is 0 Å². The van der Waals surface area contributed by atoms with E-state index in [2.05, 4.69) is 15.5 Å². The third kappa shape index (κ3) is 4.64. The Hall–Kier alpha value is -3.52. The molecule has 0 aliphatic carbocycles. The molecule has 2 amide bonds. The number of aromatic nitrogens is 3. The molecule has 2 heterocycles. The van der Waals surface area contributed by atoms with Gasteiger partial charge in [-0.3, -0.25) is 9.59 Å². The topological polar surface area (TPSA) is 89.3 Å². The first kappa shape index (κ1) is 20.7. The Labute approximate surface area is 180 Å². The number of nitrogens with zero attached hydrogens (tertiary/aromatic N) is 4. The van der Waals surface area contributed by atoms with E-state index in [4.69, 9.17) is 4.74 Å². The Morgan fingerprint density at radius 3 is 2.42 bits per heavy atom. The van der Waals surface area contributed by atoms with Gasteiger partial charge in [0.25, 0.3) is 11.8 Å². The molecule has 2 aromatic carbocycles. The molecule has 0 bridgehead atoms. The fourth-order valence-electron chi connectivity index (χ4n) is 3.76. The molecule has 1 aliphatic rings. The molecule has 0 saturated carbocycles. The van der Waals surface area contributed by atoms with Gasteiger partial charge in [-0.25, -0.2) is 0 Å². The Morgan fingerprint density at radius 1 is 1.00 bits per heavy atom. The van der Waals surface area contributed by atoms with Gasteiger partial charge < -0.3 is 19.5 Å². The number of benzene rings is 2. The van der Waals surface area contributed by atoms with Gasteiger partial charge in [-0.1, -0.05) is 48.5 Å². The summed E-state index contributed by atoms with van der Waals surface area (Å²) >= 11 is 0. The Kier molecular flexibility index (Phi) is 6.37. The summed E-state index contributed by atoms with van der Waals surface area (Å²) in [5.74, 6) is 1.27. The molecule has 0 fully saturated rings. The lowest BCUT2D eigenvalue weighted by Gasteiger charge is -2.25. The number of rotatable bonds is 6.